The largest absolute Gasteiger partial charge is 0.493 e. The minimum absolute atomic E-state index is 0.124. The standard InChI is InChI=1S/C17H29NO4/c1-4-5-6-7-8-9-10-21-14-11-15(18)17(22-13-19-2)16(12-14)20-3/h11-12H,4-10,13,18H2,1-3H3. The number of benzene rings is 1. The number of hydrogen-bond acceptors (Lipinski definition) is 5. The van der Waals surface area contributed by atoms with E-state index >= 15 is 0 Å². The van der Waals surface area contributed by atoms with Gasteiger partial charge in [0.15, 0.2) is 18.3 Å². The van der Waals surface area contributed by atoms with Crippen molar-refractivity contribution in [2.45, 2.75) is 45.4 Å². The molecule has 0 unspecified atom stereocenters. The van der Waals surface area contributed by atoms with Crippen LogP contribution in [0.15, 0.2) is 12.1 Å². The zero-order valence-electron chi connectivity index (χ0n) is 14.0. The van der Waals surface area contributed by atoms with Crippen molar-refractivity contribution in [2.24, 2.45) is 0 Å². The third-order valence-corrected chi connectivity index (χ3v) is 3.36. The van der Waals surface area contributed by atoms with E-state index in [0.717, 1.165) is 6.42 Å². The number of hydrogen-bond donors (Lipinski definition) is 1. The fourth-order valence-corrected chi connectivity index (χ4v) is 2.18. The van der Waals surface area contributed by atoms with Crippen molar-refractivity contribution in [1.82, 2.24) is 0 Å². The molecule has 22 heavy (non-hydrogen) atoms. The second-order valence-corrected chi connectivity index (χ2v) is 5.21. The minimum atomic E-state index is 0.124. The third-order valence-electron chi connectivity index (χ3n) is 3.36. The highest BCUT2D eigenvalue weighted by Gasteiger charge is 2.12. The number of rotatable bonds is 12. The van der Waals surface area contributed by atoms with Crippen molar-refractivity contribution < 1.29 is 18.9 Å². The lowest BCUT2D eigenvalue weighted by molar-refractivity contribution is 0.0496. The predicted molar refractivity (Wildman–Crippen MR) is 88.8 cm³/mol. The van der Waals surface area contributed by atoms with Crippen LogP contribution in [-0.2, 0) is 4.74 Å². The summed E-state index contributed by atoms with van der Waals surface area (Å²) < 4.78 is 21.3. The van der Waals surface area contributed by atoms with Crippen LogP contribution in [0.1, 0.15) is 45.4 Å². The molecular formula is C17H29NO4. The maximum atomic E-state index is 5.98. The predicted octanol–water partition coefficient (Wildman–Crippen LogP) is 4.00. The monoisotopic (exact) mass is 311 g/mol. The van der Waals surface area contributed by atoms with Crippen LogP contribution in [0.25, 0.3) is 0 Å². The van der Waals surface area contributed by atoms with E-state index in [1.165, 1.54) is 32.1 Å². The van der Waals surface area contributed by atoms with E-state index in [4.69, 9.17) is 24.7 Å². The Labute approximate surface area is 133 Å². The molecule has 1 aromatic rings. The maximum Gasteiger partial charge on any atom is 0.189 e. The van der Waals surface area contributed by atoms with Gasteiger partial charge in [0.2, 0.25) is 0 Å². The van der Waals surface area contributed by atoms with Gasteiger partial charge < -0.3 is 24.7 Å². The van der Waals surface area contributed by atoms with Gasteiger partial charge in [-0.3, -0.25) is 0 Å². The van der Waals surface area contributed by atoms with Gasteiger partial charge in [0.05, 0.1) is 19.4 Å². The van der Waals surface area contributed by atoms with Gasteiger partial charge >= 0.3 is 0 Å². The second-order valence-electron chi connectivity index (χ2n) is 5.21. The molecule has 0 aromatic heterocycles. The first-order chi connectivity index (χ1) is 10.7. The first-order valence-corrected chi connectivity index (χ1v) is 7.95. The Morgan fingerprint density at radius 1 is 0.955 bits per heavy atom. The number of nitrogens with two attached hydrogens (primary N) is 1. The highest BCUT2D eigenvalue weighted by Crippen LogP contribution is 2.37. The Morgan fingerprint density at radius 2 is 1.68 bits per heavy atom. The zero-order valence-corrected chi connectivity index (χ0v) is 14.0. The van der Waals surface area contributed by atoms with Crippen molar-refractivity contribution in [1.29, 1.82) is 0 Å². The number of unbranched alkanes of at least 4 members (excludes halogenated alkanes) is 5. The van der Waals surface area contributed by atoms with E-state index in [1.807, 2.05) is 0 Å². The fourth-order valence-electron chi connectivity index (χ4n) is 2.18. The number of nitrogen functional groups attached to an aromatic ring is 1. The first kappa shape index (κ1) is 18.4. The van der Waals surface area contributed by atoms with Crippen LogP contribution in [0, 0.1) is 0 Å². The van der Waals surface area contributed by atoms with Crippen LogP contribution in [0.2, 0.25) is 0 Å². The van der Waals surface area contributed by atoms with Gasteiger partial charge in [-0.2, -0.15) is 0 Å². The van der Waals surface area contributed by atoms with Crippen LogP contribution in [0.5, 0.6) is 17.2 Å². The van der Waals surface area contributed by atoms with Crippen LogP contribution < -0.4 is 19.9 Å². The fraction of sp³-hybridized carbons (Fsp3) is 0.647. The molecule has 0 heterocycles. The van der Waals surface area contributed by atoms with Crippen LogP contribution in [0.3, 0.4) is 0 Å². The molecule has 0 saturated heterocycles. The molecule has 0 saturated carbocycles. The topological polar surface area (TPSA) is 62.9 Å². The number of methoxy groups -OCH3 is 2. The van der Waals surface area contributed by atoms with Crippen LogP contribution in [-0.4, -0.2) is 27.6 Å². The summed E-state index contributed by atoms with van der Waals surface area (Å²) in [5.41, 5.74) is 6.46. The molecule has 1 rings (SSSR count). The normalized spacial score (nSPS) is 10.5. The highest BCUT2D eigenvalue weighted by atomic mass is 16.7. The summed E-state index contributed by atoms with van der Waals surface area (Å²) in [6.07, 6.45) is 7.41. The Hall–Kier alpha value is -1.62. The zero-order chi connectivity index (χ0) is 16.2. The first-order valence-electron chi connectivity index (χ1n) is 7.95. The summed E-state index contributed by atoms with van der Waals surface area (Å²) in [7, 11) is 3.13. The molecule has 126 valence electrons. The minimum Gasteiger partial charge on any atom is -0.493 e. The SMILES string of the molecule is CCCCCCCCOc1cc(N)c(OCOC)c(OC)c1. The molecule has 0 spiro atoms. The smallest absolute Gasteiger partial charge is 0.189 e. The average Bonchev–Trinajstić information content (AvgIpc) is 2.52. The Morgan fingerprint density at radius 3 is 2.36 bits per heavy atom. The van der Waals surface area contributed by atoms with E-state index in [9.17, 15) is 0 Å². The molecule has 0 fully saturated rings. The summed E-state index contributed by atoms with van der Waals surface area (Å²) in [6.45, 7) is 3.03. The Kier molecular flexibility index (Phi) is 9.23. The maximum absolute atomic E-state index is 5.98. The van der Waals surface area contributed by atoms with Crippen LogP contribution >= 0.6 is 0 Å². The molecule has 0 atom stereocenters. The van der Waals surface area contributed by atoms with Gasteiger partial charge in [-0.25, -0.2) is 0 Å². The molecule has 0 bridgehead atoms. The van der Waals surface area contributed by atoms with Crippen molar-refractivity contribution in [3.63, 3.8) is 0 Å². The van der Waals surface area contributed by atoms with Crippen molar-refractivity contribution in [3.8, 4) is 17.2 Å². The Bertz CT molecular complexity index is 423. The van der Waals surface area contributed by atoms with Crippen molar-refractivity contribution >= 4 is 5.69 Å². The quantitative estimate of drug-likeness (QED) is 0.359. The van der Waals surface area contributed by atoms with Crippen molar-refractivity contribution in [2.75, 3.05) is 33.4 Å². The Balaban J connectivity index is 2.45. The molecule has 1 aromatic carbocycles. The van der Waals surface area contributed by atoms with E-state index in [-0.39, 0.29) is 6.79 Å². The lowest BCUT2D eigenvalue weighted by atomic mass is 10.1. The van der Waals surface area contributed by atoms with E-state index in [0.29, 0.717) is 29.5 Å². The summed E-state index contributed by atoms with van der Waals surface area (Å²) in [5, 5.41) is 0. The average molecular weight is 311 g/mol. The van der Waals surface area contributed by atoms with Gasteiger partial charge in [-0.05, 0) is 6.42 Å². The molecule has 0 aliphatic heterocycles. The number of ether oxygens (including phenoxy) is 4. The molecule has 0 aliphatic rings. The molecule has 0 aliphatic carbocycles. The lowest BCUT2D eigenvalue weighted by Crippen LogP contribution is -2.05. The van der Waals surface area contributed by atoms with Gasteiger partial charge in [-0.1, -0.05) is 39.0 Å². The molecule has 2 N–H and O–H groups in total. The second kappa shape index (κ2) is 11.0. The van der Waals surface area contributed by atoms with Gasteiger partial charge in [0.1, 0.15) is 5.75 Å². The molecule has 5 nitrogen and oxygen atoms in total. The van der Waals surface area contributed by atoms with E-state index < -0.39 is 0 Å². The molecule has 0 radical (unpaired) electrons. The summed E-state index contributed by atoms with van der Waals surface area (Å²) in [4.78, 5) is 0. The molecular weight excluding hydrogens is 282 g/mol. The van der Waals surface area contributed by atoms with Crippen molar-refractivity contribution in [3.05, 3.63) is 12.1 Å². The highest BCUT2D eigenvalue weighted by molar-refractivity contribution is 5.63. The van der Waals surface area contributed by atoms with Gasteiger partial charge in [-0.15, -0.1) is 0 Å². The third kappa shape index (κ3) is 6.43. The van der Waals surface area contributed by atoms with E-state index in [1.54, 1.807) is 26.4 Å². The molecule has 0 amide bonds. The molecule has 5 heteroatoms. The summed E-state index contributed by atoms with van der Waals surface area (Å²) in [5.74, 6) is 1.74. The van der Waals surface area contributed by atoms with E-state index in [2.05, 4.69) is 6.92 Å². The summed E-state index contributed by atoms with van der Waals surface area (Å²) >= 11 is 0. The van der Waals surface area contributed by atoms with Crippen LogP contribution in [0.4, 0.5) is 5.69 Å². The van der Waals surface area contributed by atoms with Gasteiger partial charge in [0, 0.05) is 19.2 Å². The number of anilines is 1. The lowest BCUT2D eigenvalue weighted by Gasteiger charge is -2.14. The summed E-state index contributed by atoms with van der Waals surface area (Å²) in [6, 6.07) is 3.54. The van der Waals surface area contributed by atoms with Gasteiger partial charge in [0.25, 0.3) is 0 Å².